The van der Waals surface area contributed by atoms with Crippen molar-refractivity contribution in [2.24, 2.45) is 17.6 Å². The van der Waals surface area contributed by atoms with Gasteiger partial charge in [0.05, 0.1) is 13.0 Å². The summed E-state index contributed by atoms with van der Waals surface area (Å²) in [5.74, 6) is 0.722. The van der Waals surface area contributed by atoms with E-state index in [9.17, 15) is 9.18 Å². The zero-order valence-corrected chi connectivity index (χ0v) is 15.2. The Kier molecular flexibility index (Phi) is 5.76. The number of rotatable bonds is 5. The molecule has 132 valence electrons. The predicted molar refractivity (Wildman–Crippen MR) is 94.2 cm³/mol. The summed E-state index contributed by atoms with van der Waals surface area (Å²) in [5.41, 5.74) is 6.12. The molecule has 3 N–H and O–H groups in total. The number of fused-ring (bicyclic) bond motifs is 2. The molecular formula is C18H24BrFN2O2. The molecular weight excluding hydrogens is 375 g/mol. The van der Waals surface area contributed by atoms with E-state index in [4.69, 9.17) is 10.5 Å². The van der Waals surface area contributed by atoms with E-state index >= 15 is 0 Å². The molecule has 6 heteroatoms. The lowest BCUT2D eigenvalue weighted by atomic mass is 9.67. The lowest BCUT2D eigenvalue weighted by Crippen LogP contribution is -2.53. The molecule has 0 saturated heterocycles. The number of nitrogens with one attached hydrogen (secondary N) is 1. The van der Waals surface area contributed by atoms with Crippen molar-refractivity contribution in [3.05, 3.63) is 28.5 Å². The van der Waals surface area contributed by atoms with Crippen molar-refractivity contribution in [1.29, 1.82) is 0 Å². The average Bonchev–Trinajstić information content (AvgIpc) is 2.50. The second-order valence-corrected chi connectivity index (χ2v) is 7.86. The maximum Gasteiger partial charge on any atom is 0.223 e. The SMILES string of the molecule is NC1CC2CCCC(C1)C2NC(=O)CCOc1ccc(Br)cc1F. The fourth-order valence-electron chi connectivity index (χ4n) is 4.13. The molecule has 1 amide bonds. The molecule has 0 spiro atoms. The number of nitrogens with two attached hydrogens (primary N) is 1. The molecule has 1 aromatic carbocycles. The van der Waals surface area contributed by atoms with Crippen LogP contribution in [0.3, 0.4) is 0 Å². The minimum absolute atomic E-state index is 0.0232. The van der Waals surface area contributed by atoms with Crippen molar-refractivity contribution >= 4 is 21.8 Å². The van der Waals surface area contributed by atoms with Crippen LogP contribution < -0.4 is 15.8 Å². The van der Waals surface area contributed by atoms with Gasteiger partial charge in [0.15, 0.2) is 11.6 Å². The summed E-state index contributed by atoms with van der Waals surface area (Å²) >= 11 is 3.20. The van der Waals surface area contributed by atoms with Gasteiger partial charge in [-0.2, -0.15) is 0 Å². The molecule has 3 rings (SSSR count). The summed E-state index contributed by atoms with van der Waals surface area (Å²) in [7, 11) is 0. The van der Waals surface area contributed by atoms with Gasteiger partial charge in [-0.05, 0) is 55.7 Å². The molecule has 2 saturated carbocycles. The van der Waals surface area contributed by atoms with Gasteiger partial charge in [0.2, 0.25) is 5.91 Å². The smallest absolute Gasteiger partial charge is 0.223 e. The maximum atomic E-state index is 13.7. The quantitative estimate of drug-likeness (QED) is 0.798. The summed E-state index contributed by atoms with van der Waals surface area (Å²) in [6.45, 7) is 0.173. The van der Waals surface area contributed by atoms with E-state index in [-0.39, 0.29) is 36.8 Å². The molecule has 4 nitrogen and oxygen atoms in total. The van der Waals surface area contributed by atoms with Gasteiger partial charge in [-0.1, -0.05) is 22.4 Å². The highest BCUT2D eigenvalue weighted by molar-refractivity contribution is 9.10. The van der Waals surface area contributed by atoms with Gasteiger partial charge in [-0.25, -0.2) is 4.39 Å². The van der Waals surface area contributed by atoms with Crippen LogP contribution in [0, 0.1) is 17.7 Å². The second-order valence-electron chi connectivity index (χ2n) is 6.95. The molecule has 24 heavy (non-hydrogen) atoms. The second kappa shape index (κ2) is 7.83. The molecule has 0 aliphatic heterocycles. The molecule has 2 unspecified atom stereocenters. The lowest BCUT2D eigenvalue weighted by Gasteiger charge is -2.45. The van der Waals surface area contributed by atoms with Crippen molar-refractivity contribution in [3.63, 3.8) is 0 Å². The Morgan fingerprint density at radius 3 is 2.71 bits per heavy atom. The fourth-order valence-corrected chi connectivity index (χ4v) is 4.46. The molecule has 0 aromatic heterocycles. The first-order valence-corrected chi connectivity index (χ1v) is 9.45. The zero-order chi connectivity index (χ0) is 17.1. The van der Waals surface area contributed by atoms with Gasteiger partial charge in [-0.3, -0.25) is 4.79 Å². The van der Waals surface area contributed by atoms with Gasteiger partial charge in [0.25, 0.3) is 0 Å². The number of ether oxygens (including phenoxy) is 1. The van der Waals surface area contributed by atoms with Gasteiger partial charge in [0, 0.05) is 16.6 Å². The Morgan fingerprint density at radius 1 is 1.33 bits per heavy atom. The van der Waals surface area contributed by atoms with Crippen LogP contribution in [0.5, 0.6) is 5.75 Å². The van der Waals surface area contributed by atoms with E-state index in [0.29, 0.717) is 16.3 Å². The summed E-state index contributed by atoms with van der Waals surface area (Å²) < 4.78 is 19.7. The molecule has 2 atom stereocenters. The van der Waals surface area contributed by atoms with E-state index < -0.39 is 5.82 Å². The Hall–Kier alpha value is -1.14. The van der Waals surface area contributed by atoms with Crippen LogP contribution >= 0.6 is 15.9 Å². The normalized spacial score (nSPS) is 29.1. The maximum absolute atomic E-state index is 13.7. The summed E-state index contributed by atoms with van der Waals surface area (Å²) in [6.07, 6.45) is 5.77. The summed E-state index contributed by atoms with van der Waals surface area (Å²) in [6, 6.07) is 5.14. The zero-order valence-electron chi connectivity index (χ0n) is 13.6. The van der Waals surface area contributed by atoms with E-state index in [1.54, 1.807) is 12.1 Å². The molecule has 2 aliphatic carbocycles. The Labute approximate surface area is 150 Å². The largest absolute Gasteiger partial charge is 0.490 e. The third-order valence-electron chi connectivity index (χ3n) is 5.18. The van der Waals surface area contributed by atoms with Gasteiger partial charge in [0.1, 0.15) is 0 Å². The van der Waals surface area contributed by atoms with Gasteiger partial charge >= 0.3 is 0 Å². The topological polar surface area (TPSA) is 64.3 Å². The van der Waals surface area contributed by atoms with Crippen LogP contribution in [0.4, 0.5) is 4.39 Å². The Balaban J connectivity index is 1.47. The molecule has 2 aliphatic rings. The minimum Gasteiger partial charge on any atom is -0.490 e. The van der Waals surface area contributed by atoms with E-state index in [0.717, 1.165) is 25.7 Å². The third kappa shape index (κ3) is 4.28. The number of hydrogen-bond acceptors (Lipinski definition) is 3. The van der Waals surface area contributed by atoms with Crippen molar-refractivity contribution in [2.45, 2.75) is 50.6 Å². The van der Waals surface area contributed by atoms with E-state index in [2.05, 4.69) is 21.2 Å². The lowest BCUT2D eigenvalue weighted by molar-refractivity contribution is -0.123. The first-order chi connectivity index (χ1) is 11.5. The number of halogens is 2. The molecule has 2 fully saturated rings. The molecule has 2 bridgehead atoms. The molecule has 0 heterocycles. The van der Waals surface area contributed by atoms with Crippen molar-refractivity contribution in [3.8, 4) is 5.75 Å². The van der Waals surface area contributed by atoms with Crippen LogP contribution in [0.1, 0.15) is 38.5 Å². The minimum atomic E-state index is -0.430. The highest BCUT2D eigenvalue weighted by atomic mass is 79.9. The van der Waals surface area contributed by atoms with E-state index in [1.807, 2.05) is 0 Å². The number of hydrogen-bond donors (Lipinski definition) is 2. The van der Waals surface area contributed by atoms with Crippen molar-refractivity contribution in [1.82, 2.24) is 5.32 Å². The van der Waals surface area contributed by atoms with Gasteiger partial charge in [-0.15, -0.1) is 0 Å². The van der Waals surface area contributed by atoms with Gasteiger partial charge < -0.3 is 15.8 Å². The average molecular weight is 399 g/mol. The molecule has 0 radical (unpaired) electrons. The van der Waals surface area contributed by atoms with Crippen LogP contribution in [0.15, 0.2) is 22.7 Å². The van der Waals surface area contributed by atoms with Crippen LogP contribution in [-0.2, 0) is 4.79 Å². The highest BCUT2D eigenvalue weighted by Gasteiger charge is 2.39. The monoisotopic (exact) mass is 398 g/mol. The Bertz CT molecular complexity index is 584. The van der Waals surface area contributed by atoms with Crippen LogP contribution in [0.25, 0.3) is 0 Å². The van der Waals surface area contributed by atoms with Crippen LogP contribution in [0.2, 0.25) is 0 Å². The number of carbonyl (C=O) groups excluding carboxylic acids is 1. The third-order valence-corrected chi connectivity index (χ3v) is 5.68. The standard InChI is InChI=1S/C18H24BrFN2O2/c19-13-4-5-16(15(20)10-13)24-7-6-17(23)22-18-11-2-1-3-12(18)9-14(21)8-11/h4-5,10-12,14,18H,1-3,6-9,21H2,(H,22,23). The first-order valence-electron chi connectivity index (χ1n) is 8.65. The summed E-state index contributed by atoms with van der Waals surface area (Å²) in [5, 5.41) is 3.18. The fraction of sp³-hybridized carbons (Fsp3) is 0.611. The first kappa shape index (κ1) is 17.7. The summed E-state index contributed by atoms with van der Waals surface area (Å²) in [4.78, 5) is 12.2. The highest BCUT2D eigenvalue weighted by Crippen LogP contribution is 2.39. The van der Waals surface area contributed by atoms with Crippen molar-refractivity contribution < 1.29 is 13.9 Å². The van der Waals surface area contributed by atoms with E-state index in [1.165, 1.54) is 12.5 Å². The number of amides is 1. The van der Waals surface area contributed by atoms with Crippen LogP contribution in [-0.4, -0.2) is 24.6 Å². The Morgan fingerprint density at radius 2 is 2.04 bits per heavy atom. The number of carbonyl (C=O) groups is 1. The predicted octanol–water partition coefficient (Wildman–Crippen LogP) is 3.38. The number of benzene rings is 1. The van der Waals surface area contributed by atoms with Crippen molar-refractivity contribution in [2.75, 3.05) is 6.61 Å². The molecule has 1 aromatic rings.